The molecule has 150 valence electrons. The molecule has 4 heteroatoms. The SMILES string of the molecule is CCOC(=O)[C@H]1C(=O)C=C(/C=C/c2ccc(N(C)C)cc2)C[C@@H]1c1ccccc1. The first-order chi connectivity index (χ1) is 14.0. The summed E-state index contributed by atoms with van der Waals surface area (Å²) in [7, 11) is 4.01. The Morgan fingerprint density at radius 3 is 2.38 bits per heavy atom. The molecule has 1 aliphatic carbocycles. The van der Waals surface area contributed by atoms with Gasteiger partial charge in [-0.3, -0.25) is 9.59 Å². The number of carbonyl (C=O) groups excluding carboxylic acids is 2. The zero-order valence-electron chi connectivity index (χ0n) is 17.2. The van der Waals surface area contributed by atoms with E-state index in [-0.39, 0.29) is 18.3 Å². The van der Waals surface area contributed by atoms with E-state index in [0.717, 1.165) is 22.4 Å². The predicted molar refractivity (Wildman–Crippen MR) is 117 cm³/mol. The van der Waals surface area contributed by atoms with Crippen LogP contribution in [-0.4, -0.2) is 32.5 Å². The molecule has 0 aliphatic heterocycles. The van der Waals surface area contributed by atoms with Crippen molar-refractivity contribution in [2.24, 2.45) is 5.92 Å². The summed E-state index contributed by atoms with van der Waals surface area (Å²) in [6.07, 6.45) is 6.18. The fraction of sp³-hybridized carbons (Fsp3) is 0.280. The molecule has 4 nitrogen and oxygen atoms in total. The highest BCUT2D eigenvalue weighted by atomic mass is 16.5. The fourth-order valence-corrected chi connectivity index (χ4v) is 3.63. The molecule has 0 heterocycles. The monoisotopic (exact) mass is 389 g/mol. The molecule has 0 saturated carbocycles. The molecular formula is C25H27NO3. The Bertz CT molecular complexity index is 911. The van der Waals surface area contributed by atoms with Crippen molar-refractivity contribution >= 4 is 23.5 Å². The highest BCUT2D eigenvalue weighted by Crippen LogP contribution is 2.37. The van der Waals surface area contributed by atoms with E-state index in [1.54, 1.807) is 13.0 Å². The molecule has 29 heavy (non-hydrogen) atoms. The van der Waals surface area contributed by atoms with Crippen molar-refractivity contribution in [2.75, 3.05) is 25.6 Å². The van der Waals surface area contributed by atoms with Gasteiger partial charge in [-0.15, -0.1) is 0 Å². The molecule has 2 atom stereocenters. The van der Waals surface area contributed by atoms with Crippen LogP contribution in [0.2, 0.25) is 0 Å². The molecule has 2 aromatic carbocycles. The first-order valence-electron chi connectivity index (χ1n) is 9.91. The second-order valence-electron chi connectivity index (χ2n) is 7.39. The van der Waals surface area contributed by atoms with E-state index < -0.39 is 11.9 Å². The average molecular weight is 389 g/mol. The van der Waals surface area contributed by atoms with E-state index in [4.69, 9.17) is 4.74 Å². The van der Waals surface area contributed by atoms with Crippen LogP contribution in [0.4, 0.5) is 5.69 Å². The van der Waals surface area contributed by atoms with Crippen molar-refractivity contribution in [3.8, 4) is 0 Å². The highest BCUT2D eigenvalue weighted by molar-refractivity contribution is 6.07. The average Bonchev–Trinajstić information content (AvgIpc) is 2.73. The molecule has 0 spiro atoms. The number of hydrogen-bond acceptors (Lipinski definition) is 4. The minimum absolute atomic E-state index is 0.189. The van der Waals surface area contributed by atoms with Gasteiger partial charge in [0.25, 0.3) is 0 Å². The number of esters is 1. The molecule has 1 aliphatic rings. The van der Waals surface area contributed by atoms with Gasteiger partial charge in [-0.25, -0.2) is 0 Å². The van der Waals surface area contributed by atoms with Crippen LogP contribution in [0.3, 0.4) is 0 Å². The van der Waals surface area contributed by atoms with Crippen LogP contribution in [0, 0.1) is 5.92 Å². The molecule has 0 N–H and O–H groups in total. The first-order valence-corrected chi connectivity index (χ1v) is 9.91. The number of rotatable bonds is 6. The quantitative estimate of drug-likeness (QED) is 0.534. The van der Waals surface area contributed by atoms with Gasteiger partial charge in [0.15, 0.2) is 5.78 Å². The number of ketones is 1. The Kier molecular flexibility index (Phi) is 6.65. The maximum absolute atomic E-state index is 12.8. The molecule has 0 unspecified atom stereocenters. The summed E-state index contributed by atoms with van der Waals surface area (Å²) in [4.78, 5) is 27.3. The lowest BCUT2D eigenvalue weighted by atomic mass is 9.75. The van der Waals surface area contributed by atoms with Crippen LogP contribution < -0.4 is 4.90 Å². The summed E-state index contributed by atoms with van der Waals surface area (Å²) >= 11 is 0. The Balaban J connectivity index is 1.85. The van der Waals surface area contributed by atoms with E-state index in [2.05, 4.69) is 17.0 Å². The number of nitrogens with zero attached hydrogens (tertiary/aromatic N) is 1. The van der Waals surface area contributed by atoms with E-state index in [1.807, 2.05) is 68.7 Å². The molecule has 0 amide bonds. The fourth-order valence-electron chi connectivity index (χ4n) is 3.63. The van der Waals surface area contributed by atoms with Crippen LogP contribution in [0.5, 0.6) is 0 Å². The second-order valence-corrected chi connectivity index (χ2v) is 7.39. The molecule has 0 bridgehead atoms. The second kappa shape index (κ2) is 9.37. The standard InChI is InChI=1S/C25H27NO3/c1-4-29-25(28)24-22(20-8-6-5-7-9-20)16-19(17-23(24)27)11-10-18-12-14-21(15-13-18)26(2)3/h5-15,17,22,24H,4,16H2,1-3H3/b11-10+/t22-,24-/m1/s1. The summed E-state index contributed by atoms with van der Waals surface area (Å²) in [5, 5.41) is 0. The smallest absolute Gasteiger partial charge is 0.317 e. The summed E-state index contributed by atoms with van der Waals surface area (Å²) in [6, 6.07) is 18.0. The van der Waals surface area contributed by atoms with Crippen molar-refractivity contribution < 1.29 is 14.3 Å². The van der Waals surface area contributed by atoms with Gasteiger partial charge >= 0.3 is 5.97 Å². The van der Waals surface area contributed by atoms with Crippen molar-refractivity contribution in [3.05, 3.63) is 83.4 Å². The predicted octanol–water partition coefficient (Wildman–Crippen LogP) is 4.63. The summed E-state index contributed by atoms with van der Waals surface area (Å²) < 4.78 is 5.19. The van der Waals surface area contributed by atoms with Crippen LogP contribution in [-0.2, 0) is 14.3 Å². The highest BCUT2D eigenvalue weighted by Gasteiger charge is 2.38. The largest absolute Gasteiger partial charge is 0.465 e. The number of ether oxygens (including phenoxy) is 1. The number of allylic oxidation sites excluding steroid dienone is 3. The Morgan fingerprint density at radius 2 is 1.76 bits per heavy atom. The molecule has 0 saturated heterocycles. The Labute approximate surface area is 172 Å². The third-order valence-electron chi connectivity index (χ3n) is 5.16. The van der Waals surface area contributed by atoms with Gasteiger partial charge in [0.2, 0.25) is 0 Å². The minimum atomic E-state index is -0.783. The van der Waals surface area contributed by atoms with Crippen LogP contribution in [0.1, 0.15) is 30.4 Å². The lowest BCUT2D eigenvalue weighted by Gasteiger charge is -2.28. The van der Waals surface area contributed by atoms with Gasteiger partial charge in [-0.1, -0.05) is 54.6 Å². The summed E-state index contributed by atoms with van der Waals surface area (Å²) in [6.45, 7) is 2.03. The van der Waals surface area contributed by atoms with E-state index in [1.165, 1.54) is 0 Å². The summed E-state index contributed by atoms with van der Waals surface area (Å²) in [5.41, 5.74) is 4.10. The van der Waals surface area contributed by atoms with Crippen molar-refractivity contribution in [1.82, 2.24) is 0 Å². The van der Waals surface area contributed by atoms with Crippen LogP contribution >= 0.6 is 0 Å². The van der Waals surface area contributed by atoms with Gasteiger partial charge in [0, 0.05) is 25.7 Å². The van der Waals surface area contributed by atoms with Gasteiger partial charge in [-0.05, 0) is 48.3 Å². The third kappa shape index (κ3) is 5.02. The van der Waals surface area contributed by atoms with Crippen molar-refractivity contribution in [1.29, 1.82) is 0 Å². The molecular weight excluding hydrogens is 362 g/mol. The molecule has 0 aromatic heterocycles. The maximum Gasteiger partial charge on any atom is 0.317 e. The zero-order chi connectivity index (χ0) is 20.8. The number of anilines is 1. The Morgan fingerprint density at radius 1 is 1.07 bits per heavy atom. The van der Waals surface area contributed by atoms with Gasteiger partial charge in [0.1, 0.15) is 5.92 Å². The lowest BCUT2D eigenvalue weighted by molar-refractivity contribution is -0.151. The molecule has 3 rings (SSSR count). The first kappa shape index (κ1) is 20.6. The molecule has 0 radical (unpaired) electrons. The lowest BCUT2D eigenvalue weighted by Crippen LogP contribution is -2.34. The van der Waals surface area contributed by atoms with Crippen LogP contribution in [0.25, 0.3) is 6.08 Å². The van der Waals surface area contributed by atoms with Gasteiger partial charge in [0.05, 0.1) is 6.61 Å². The number of benzene rings is 2. The van der Waals surface area contributed by atoms with E-state index in [0.29, 0.717) is 6.42 Å². The minimum Gasteiger partial charge on any atom is -0.465 e. The van der Waals surface area contributed by atoms with Gasteiger partial charge in [-0.2, -0.15) is 0 Å². The Hall–Kier alpha value is -3.14. The van der Waals surface area contributed by atoms with E-state index in [9.17, 15) is 9.59 Å². The van der Waals surface area contributed by atoms with Gasteiger partial charge < -0.3 is 9.64 Å². The van der Waals surface area contributed by atoms with Crippen molar-refractivity contribution in [2.45, 2.75) is 19.3 Å². The zero-order valence-corrected chi connectivity index (χ0v) is 17.2. The van der Waals surface area contributed by atoms with E-state index >= 15 is 0 Å². The maximum atomic E-state index is 12.8. The van der Waals surface area contributed by atoms with Crippen LogP contribution in [0.15, 0.2) is 72.3 Å². The summed E-state index contributed by atoms with van der Waals surface area (Å²) in [5.74, 6) is -1.63. The topological polar surface area (TPSA) is 46.6 Å². The normalized spacial score (nSPS) is 19.1. The number of hydrogen-bond donors (Lipinski definition) is 0. The third-order valence-corrected chi connectivity index (χ3v) is 5.16. The number of carbonyl (C=O) groups is 2. The molecule has 2 aromatic rings. The molecule has 0 fully saturated rings. The van der Waals surface area contributed by atoms with Crippen molar-refractivity contribution in [3.63, 3.8) is 0 Å².